The van der Waals surface area contributed by atoms with Gasteiger partial charge in [-0.25, -0.2) is 4.99 Å². The van der Waals surface area contributed by atoms with Crippen LogP contribution in [0.1, 0.15) is 34.4 Å². The van der Waals surface area contributed by atoms with Crippen LogP contribution >= 0.6 is 11.3 Å². The SMILES string of the molecule is N#Cc1c(/N=C/c2ccc(O)c(O)c2)sc2c1CCCC2. The first-order valence-electron chi connectivity index (χ1n) is 6.79. The van der Waals surface area contributed by atoms with E-state index in [9.17, 15) is 15.5 Å². The molecule has 0 saturated heterocycles. The third-order valence-corrected chi connectivity index (χ3v) is 4.79. The van der Waals surface area contributed by atoms with Crippen LogP contribution in [0, 0.1) is 11.3 Å². The van der Waals surface area contributed by atoms with Gasteiger partial charge in [0.05, 0.1) is 5.56 Å². The Morgan fingerprint density at radius 1 is 1.19 bits per heavy atom. The van der Waals surface area contributed by atoms with Gasteiger partial charge in [-0.3, -0.25) is 0 Å². The summed E-state index contributed by atoms with van der Waals surface area (Å²) in [6.07, 6.45) is 5.91. The van der Waals surface area contributed by atoms with Gasteiger partial charge in [-0.05, 0) is 55.0 Å². The van der Waals surface area contributed by atoms with E-state index in [-0.39, 0.29) is 11.5 Å². The first kappa shape index (κ1) is 13.7. The van der Waals surface area contributed by atoms with E-state index in [0.29, 0.717) is 11.1 Å². The number of aliphatic imine (C=N–C) groups is 1. The molecule has 1 aliphatic rings. The molecule has 1 aromatic heterocycles. The molecule has 0 fully saturated rings. The molecule has 1 heterocycles. The highest BCUT2D eigenvalue weighted by Gasteiger charge is 2.20. The van der Waals surface area contributed by atoms with E-state index in [1.807, 2.05) is 0 Å². The van der Waals surface area contributed by atoms with Crippen molar-refractivity contribution in [1.29, 1.82) is 5.26 Å². The van der Waals surface area contributed by atoms with Crippen molar-refractivity contribution < 1.29 is 10.2 Å². The molecule has 106 valence electrons. The maximum Gasteiger partial charge on any atom is 0.158 e. The van der Waals surface area contributed by atoms with E-state index >= 15 is 0 Å². The van der Waals surface area contributed by atoms with Crippen LogP contribution < -0.4 is 0 Å². The zero-order chi connectivity index (χ0) is 14.8. The predicted octanol–water partition coefficient (Wildman–Crippen LogP) is 3.66. The highest BCUT2D eigenvalue weighted by molar-refractivity contribution is 7.16. The topological polar surface area (TPSA) is 76.6 Å². The summed E-state index contributed by atoms with van der Waals surface area (Å²) in [4.78, 5) is 5.68. The third kappa shape index (κ3) is 2.63. The summed E-state index contributed by atoms with van der Waals surface area (Å²) >= 11 is 1.58. The molecular weight excluding hydrogens is 284 g/mol. The lowest BCUT2D eigenvalue weighted by Crippen LogP contribution is -1.99. The molecule has 1 aromatic carbocycles. The lowest BCUT2D eigenvalue weighted by atomic mass is 9.96. The Kier molecular flexibility index (Phi) is 3.63. The van der Waals surface area contributed by atoms with Crippen molar-refractivity contribution in [3.05, 3.63) is 39.8 Å². The first-order valence-corrected chi connectivity index (χ1v) is 7.61. The molecule has 0 amide bonds. The Morgan fingerprint density at radius 3 is 2.76 bits per heavy atom. The first-order chi connectivity index (χ1) is 10.2. The van der Waals surface area contributed by atoms with Crippen molar-refractivity contribution in [1.82, 2.24) is 0 Å². The number of nitrogens with zero attached hydrogens (tertiary/aromatic N) is 2. The van der Waals surface area contributed by atoms with Crippen LogP contribution in [0.25, 0.3) is 0 Å². The van der Waals surface area contributed by atoms with Crippen molar-refractivity contribution >= 4 is 22.6 Å². The van der Waals surface area contributed by atoms with Gasteiger partial charge in [0.15, 0.2) is 11.5 Å². The number of hydrogen-bond acceptors (Lipinski definition) is 5. The largest absolute Gasteiger partial charge is 0.504 e. The number of hydrogen-bond donors (Lipinski definition) is 2. The van der Waals surface area contributed by atoms with Crippen LogP contribution in [-0.4, -0.2) is 16.4 Å². The molecular formula is C16H14N2O2S. The van der Waals surface area contributed by atoms with E-state index in [4.69, 9.17) is 0 Å². The van der Waals surface area contributed by atoms with Gasteiger partial charge < -0.3 is 10.2 Å². The average molecular weight is 298 g/mol. The van der Waals surface area contributed by atoms with Crippen LogP contribution in [0.4, 0.5) is 5.00 Å². The molecule has 1 aliphatic carbocycles. The van der Waals surface area contributed by atoms with E-state index in [0.717, 1.165) is 29.8 Å². The fourth-order valence-corrected chi connectivity index (χ4v) is 3.70. The smallest absolute Gasteiger partial charge is 0.158 e. The summed E-state index contributed by atoms with van der Waals surface area (Å²) in [6, 6.07) is 6.79. The number of thiophene rings is 1. The Hall–Kier alpha value is -2.32. The summed E-state index contributed by atoms with van der Waals surface area (Å²) in [5, 5.41) is 28.8. The van der Waals surface area contributed by atoms with Crippen LogP contribution in [0.15, 0.2) is 23.2 Å². The zero-order valence-electron chi connectivity index (χ0n) is 11.3. The molecule has 0 unspecified atom stereocenters. The summed E-state index contributed by atoms with van der Waals surface area (Å²) in [6.45, 7) is 0. The monoisotopic (exact) mass is 298 g/mol. The molecule has 21 heavy (non-hydrogen) atoms. The molecule has 3 rings (SSSR count). The normalized spacial score (nSPS) is 14.0. The Labute approximate surface area is 126 Å². The minimum Gasteiger partial charge on any atom is -0.504 e. The lowest BCUT2D eigenvalue weighted by molar-refractivity contribution is 0.403. The number of rotatable bonds is 2. The van der Waals surface area contributed by atoms with E-state index < -0.39 is 0 Å². The van der Waals surface area contributed by atoms with Gasteiger partial charge in [0.25, 0.3) is 0 Å². The van der Waals surface area contributed by atoms with Gasteiger partial charge in [0, 0.05) is 11.1 Å². The van der Waals surface area contributed by atoms with Crippen LogP contribution in [0.2, 0.25) is 0 Å². The third-order valence-electron chi connectivity index (χ3n) is 3.59. The lowest BCUT2D eigenvalue weighted by Gasteiger charge is -2.09. The fraction of sp³-hybridized carbons (Fsp3) is 0.250. The highest BCUT2D eigenvalue weighted by atomic mass is 32.1. The summed E-state index contributed by atoms with van der Waals surface area (Å²) < 4.78 is 0. The summed E-state index contributed by atoms with van der Waals surface area (Å²) in [5.41, 5.74) is 2.53. The van der Waals surface area contributed by atoms with Gasteiger partial charge in [0.2, 0.25) is 0 Å². The van der Waals surface area contributed by atoms with Crippen molar-refractivity contribution in [2.24, 2.45) is 4.99 Å². The van der Waals surface area contributed by atoms with Crippen LogP contribution in [0.3, 0.4) is 0 Å². The van der Waals surface area contributed by atoms with Gasteiger partial charge in [0.1, 0.15) is 11.1 Å². The number of phenolic OH excluding ortho intramolecular Hbond substituents is 2. The molecule has 5 heteroatoms. The summed E-state index contributed by atoms with van der Waals surface area (Å²) in [5.74, 6) is -0.332. The van der Waals surface area contributed by atoms with E-state index in [2.05, 4.69) is 11.1 Å². The minimum absolute atomic E-state index is 0.156. The molecule has 0 spiro atoms. The minimum atomic E-state index is -0.176. The number of phenols is 2. The van der Waals surface area contributed by atoms with Crippen molar-refractivity contribution in [2.75, 3.05) is 0 Å². The van der Waals surface area contributed by atoms with Gasteiger partial charge >= 0.3 is 0 Å². The molecule has 0 saturated carbocycles. The second kappa shape index (κ2) is 5.58. The van der Waals surface area contributed by atoms with E-state index in [1.54, 1.807) is 23.6 Å². The quantitative estimate of drug-likeness (QED) is 0.656. The molecule has 2 N–H and O–H groups in total. The molecule has 0 aliphatic heterocycles. The molecule has 0 bridgehead atoms. The molecule has 0 radical (unpaired) electrons. The van der Waals surface area contributed by atoms with Crippen molar-refractivity contribution in [3.8, 4) is 17.6 Å². The number of aromatic hydroxyl groups is 2. The highest BCUT2D eigenvalue weighted by Crippen LogP contribution is 2.39. The Bertz CT molecular complexity index is 756. The molecule has 4 nitrogen and oxygen atoms in total. The zero-order valence-corrected chi connectivity index (χ0v) is 12.2. The second-order valence-electron chi connectivity index (χ2n) is 5.01. The van der Waals surface area contributed by atoms with Crippen LogP contribution in [0.5, 0.6) is 11.5 Å². The van der Waals surface area contributed by atoms with Crippen LogP contribution in [-0.2, 0) is 12.8 Å². The van der Waals surface area contributed by atoms with Crippen molar-refractivity contribution in [3.63, 3.8) is 0 Å². The molecule has 0 atom stereocenters. The number of benzene rings is 1. The Balaban J connectivity index is 1.94. The van der Waals surface area contributed by atoms with Gasteiger partial charge in [-0.1, -0.05) is 0 Å². The standard InChI is InChI=1S/C16H14N2O2S/c17-8-12-11-3-1-2-4-15(11)21-16(12)18-9-10-5-6-13(19)14(20)7-10/h5-7,9,19-20H,1-4H2/b18-9+. The predicted molar refractivity (Wildman–Crippen MR) is 82.7 cm³/mol. The van der Waals surface area contributed by atoms with Gasteiger partial charge in [-0.15, -0.1) is 11.3 Å². The maximum atomic E-state index is 9.47. The second-order valence-corrected chi connectivity index (χ2v) is 6.09. The number of aryl methyl sites for hydroxylation is 1. The Morgan fingerprint density at radius 2 is 2.00 bits per heavy atom. The summed E-state index contributed by atoms with van der Waals surface area (Å²) in [7, 11) is 0. The van der Waals surface area contributed by atoms with Gasteiger partial charge in [-0.2, -0.15) is 5.26 Å². The van der Waals surface area contributed by atoms with E-state index in [1.165, 1.54) is 23.4 Å². The number of fused-ring (bicyclic) bond motifs is 1. The van der Waals surface area contributed by atoms with Crippen molar-refractivity contribution in [2.45, 2.75) is 25.7 Å². The number of nitriles is 1. The maximum absolute atomic E-state index is 9.47. The molecule has 2 aromatic rings. The average Bonchev–Trinajstić information content (AvgIpc) is 2.86. The fourth-order valence-electron chi connectivity index (χ4n) is 2.51.